The van der Waals surface area contributed by atoms with Crippen LogP contribution in [0.2, 0.25) is 0 Å². The largest absolute Gasteiger partial charge is 0.310 e. The first-order valence-electron chi connectivity index (χ1n) is 20.6. The molecule has 59 heavy (non-hydrogen) atoms. The van der Waals surface area contributed by atoms with Crippen LogP contribution < -0.4 is 25.6 Å². The normalized spacial score (nSPS) is 12.7. The Morgan fingerprint density at radius 2 is 0.661 bits per heavy atom. The topological polar surface area (TPSA) is 3.24 Å². The molecule has 1 aliphatic carbocycles. The van der Waals surface area contributed by atoms with Crippen molar-refractivity contribution in [3.8, 4) is 33.4 Å². The second-order valence-electron chi connectivity index (χ2n) is 16.1. The lowest BCUT2D eigenvalue weighted by atomic mass is 9.82. The van der Waals surface area contributed by atoms with Gasteiger partial charge in [-0.25, -0.2) is 0 Å². The van der Waals surface area contributed by atoms with Crippen molar-refractivity contribution in [3.05, 3.63) is 248 Å². The molecule has 10 rings (SSSR count). The lowest BCUT2D eigenvalue weighted by Crippen LogP contribution is -2.74. The van der Waals surface area contributed by atoms with Gasteiger partial charge in [-0.15, -0.1) is 0 Å². The fourth-order valence-corrected chi connectivity index (χ4v) is 14.2. The van der Waals surface area contributed by atoms with Gasteiger partial charge < -0.3 is 4.90 Å². The predicted octanol–water partition coefficient (Wildman–Crippen LogP) is 12.2. The molecule has 0 spiro atoms. The van der Waals surface area contributed by atoms with Crippen LogP contribution in [0.3, 0.4) is 0 Å². The summed E-state index contributed by atoms with van der Waals surface area (Å²) < 4.78 is 0. The number of rotatable bonds is 9. The van der Waals surface area contributed by atoms with E-state index in [0.717, 1.165) is 17.1 Å². The first-order chi connectivity index (χ1) is 29.0. The fourth-order valence-electron chi connectivity index (χ4n) is 9.49. The minimum Gasteiger partial charge on any atom is -0.310 e. The van der Waals surface area contributed by atoms with E-state index in [0.29, 0.717) is 0 Å². The van der Waals surface area contributed by atoms with Crippen LogP contribution in [0.4, 0.5) is 17.1 Å². The molecule has 1 nitrogen and oxygen atoms in total. The maximum absolute atomic E-state index is 2.59. The minimum absolute atomic E-state index is 0.0945. The molecular formula is C57H45NSi. The Morgan fingerprint density at radius 1 is 0.305 bits per heavy atom. The second-order valence-corrected chi connectivity index (χ2v) is 19.9. The van der Waals surface area contributed by atoms with E-state index in [-0.39, 0.29) is 5.41 Å². The average molecular weight is 772 g/mol. The summed E-state index contributed by atoms with van der Waals surface area (Å²) in [5.74, 6) is 0. The first-order valence-corrected chi connectivity index (χ1v) is 22.6. The third kappa shape index (κ3) is 6.34. The van der Waals surface area contributed by atoms with Crippen LogP contribution in [0.15, 0.2) is 237 Å². The van der Waals surface area contributed by atoms with E-state index in [2.05, 4.69) is 255 Å². The molecule has 0 amide bonds. The van der Waals surface area contributed by atoms with Crippen molar-refractivity contribution < 1.29 is 0 Å². The summed E-state index contributed by atoms with van der Waals surface area (Å²) >= 11 is 0. The van der Waals surface area contributed by atoms with Crippen molar-refractivity contribution in [2.75, 3.05) is 4.90 Å². The summed E-state index contributed by atoms with van der Waals surface area (Å²) in [4.78, 5) is 2.40. The van der Waals surface area contributed by atoms with Crippen LogP contribution >= 0.6 is 0 Å². The Morgan fingerprint density at radius 3 is 1.15 bits per heavy atom. The number of nitrogens with zero attached hydrogens (tertiary/aromatic N) is 1. The molecule has 0 bridgehead atoms. The van der Waals surface area contributed by atoms with Crippen molar-refractivity contribution in [1.82, 2.24) is 0 Å². The zero-order valence-corrected chi connectivity index (χ0v) is 34.5. The average Bonchev–Trinajstić information content (AvgIpc) is 3.54. The summed E-state index contributed by atoms with van der Waals surface area (Å²) in [5.41, 5.74) is 13.5. The molecule has 0 radical (unpaired) electrons. The highest BCUT2D eigenvalue weighted by Gasteiger charge is 2.41. The Hall–Kier alpha value is -7.00. The quantitative estimate of drug-likeness (QED) is 0.104. The van der Waals surface area contributed by atoms with E-state index in [1.807, 2.05) is 0 Å². The summed E-state index contributed by atoms with van der Waals surface area (Å²) in [6.07, 6.45) is 0. The number of fused-ring (bicyclic) bond motifs is 3. The van der Waals surface area contributed by atoms with Crippen LogP contribution in [0.25, 0.3) is 33.4 Å². The molecule has 0 atom stereocenters. The van der Waals surface area contributed by atoms with Gasteiger partial charge in [0.05, 0.1) is 0 Å². The molecular weight excluding hydrogens is 727 g/mol. The third-order valence-electron chi connectivity index (χ3n) is 12.5. The summed E-state index contributed by atoms with van der Waals surface area (Å²) in [6.45, 7) is 4.71. The van der Waals surface area contributed by atoms with Crippen molar-refractivity contribution in [1.29, 1.82) is 0 Å². The summed E-state index contributed by atoms with van der Waals surface area (Å²) in [6, 6.07) is 87.4. The van der Waals surface area contributed by atoms with Crippen molar-refractivity contribution in [2.24, 2.45) is 0 Å². The molecule has 0 heterocycles. The van der Waals surface area contributed by atoms with Crippen molar-refractivity contribution in [2.45, 2.75) is 19.3 Å². The molecule has 2 heteroatoms. The van der Waals surface area contributed by atoms with Gasteiger partial charge in [-0.3, -0.25) is 0 Å². The number of hydrogen-bond donors (Lipinski definition) is 0. The number of benzene rings is 9. The standard InChI is InChI=1S/C57H45NSi/c1-57(2)55-26-16-15-25-53(55)54-40-37-48(41-56(54)57)58(46-33-27-43(28-34-46)42-17-7-3-8-18-42)47-35-29-44(30-36-47)45-31-38-52(39-32-45)59(49-19-9-4-10-20-49,50-21-11-5-12-22-50)51-23-13-6-14-24-51/h3-41H,1-2H3. The molecule has 0 N–H and O–H groups in total. The van der Waals surface area contributed by atoms with Crippen molar-refractivity contribution in [3.63, 3.8) is 0 Å². The highest BCUT2D eigenvalue weighted by atomic mass is 28.3. The fraction of sp³-hybridized carbons (Fsp3) is 0.0526. The maximum Gasteiger partial charge on any atom is 0.179 e. The molecule has 1 aliphatic rings. The zero-order chi connectivity index (χ0) is 39.8. The predicted molar refractivity (Wildman–Crippen MR) is 253 cm³/mol. The van der Waals surface area contributed by atoms with E-state index in [4.69, 9.17) is 0 Å². The van der Waals surface area contributed by atoms with Crippen LogP contribution in [0.1, 0.15) is 25.0 Å². The monoisotopic (exact) mass is 771 g/mol. The highest BCUT2D eigenvalue weighted by molar-refractivity contribution is 7.19. The van der Waals surface area contributed by atoms with E-state index >= 15 is 0 Å². The van der Waals surface area contributed by atoms with E-state index in [1.54, 1.807) is 0 Å². The van der Waals surface area contributed by atoms with Crippen LogP contribution in [0, 0.1) is 0 Å². The van der Waals surface area contributed by atoms with Crippen LogP contribution in [-0.4, -0.2) is 8.07 Å². The molecule has 282 valence electrons. The van der Waals surface area contributed by atoms with Gasteiger partial charge in [0.25, 0.3) is 0 Å². The molecule has 9 aromatic rings. The Kier molecular flexibility index (Phi) is 9.28. The molecule has 0 saturated carbocycles. The van der Waals surface area contributed by atoms with Gasteiger partial charge in [0, 0.05) is 22.5 Å². The Balaban J connectivity index is 1.04. The second kappa shape index (κ2) is 15.1. The highest BCUT2D eigenvalue weighted by Crippen LogP contribution is 2.50. The van der Waals surface area contributed by atoms with Gasteiger partial charge in [0.1, 0.15) is 0 Å². The lowest BCUT2D eigenvalue weighted by molar-refractivity contribution is 0.660. The Bertz CT molecular complexity index is 2750. The van der Waals surface area contributed by atoms with E-state index in [9.17, 15) is 0 Å². The van der Waals surface area contributed by atoms with Gasteiger partial charge in [-0.2, -0.15) is 0 Å². The number of hydrogen-bond acceptors (Lipinski definition) is 1. The molecule has 0 aromatic heterocycles. The zero-order valence-electron chi connectivity index (χ0n) is 33.5. The SMILES string of the molecule is CC1(C)c2ccccc2-c2ccc(N(c3ccc(-c4ccccc4)cc3)c3ccc(-c4ccc([Si](c5ccccc5)(c5ccccc5)c5ccccc5)cc4)cc3)cc21. The molecule has 0 fully saturated rings. The Labute approximate surface area is 349 Å². The van der Waals surface area contributed by atoms with Gasteiger partial charge in [0.15, 0.2) is 8.07 Å². The minimum atomic E-state index is -2.59. The molecule has 0 aliphatic heterocycles. The summed E-state index contributed by atoms with van der Waals surface area (Å²) in [7, 11) is -2.59. The van der Waals surface area contributed by atoms with Crippen LogP contribution in [0.5, 0.6) is 0 Å². The maximum atomic E-state index is 2.41. The molecule has 0 unspecified atom stereocenters. The first kappa shape index (κ1) is 36.3. The van der Waals surface area contributed by atoms with E-state index < -0.39 is 8.07 Å². The molecule has 0 saturated heterocycles. The lowest BCUT2D eigenvalue weighted by Gasteiger charge is -2.34. The van der Waals surface area contributed by atoms with Gasteiger partial charge in [0.2, 0.25) is 0 Å². The van der Waals surface area contributed by atoms with Crippen LogP contribution in [-0.2, 0) is 5.41 Å². The summed E-state index contributed by atoms with van der Waals surface area (Å²) in [5, 5.41) is 5.51. The van der Waals surface area contributed by atoms with Gasteiger partial charge in [-0.1, -0.05) is 214 Å². The van der Waals surface area contributed by atoms with Gasteiger partial charge >= 0.3 is 0 Å². The van der Waals surface area contributed by atoms with Crippen molar-refractivity contribution >= 4 is 45.9 Å². The number of anilines is 3. The molecule has 9 aromatic carbocycles. The van der Waals surface area contributed by atoms with E-state index in [1.165, 1.54) is 65.3 Å². The van der Waals surface area contributed by atoms with Gasteiger partial charge in [-0.05, 0) is 102 Å². The third-order valence-corrected chi connectivity index (χ3v) is 17.3. The smallest absolute Gasteiger partial charge is 0.179 e.